The predicted octanol–water partition coefficient (Wildman–Crippen LogP) is 5.39. The molecule has 34 heavy (non-hydrogen) atoms. The fourth-order valence-electron chi connectivity index (χ4n) is 5.43. The summed E-state index contributed by atoms with van der Waals surface area (Å²) < 4.78 is 2.18. The van der Waals surface area contributed by atoms with Crippen LogP contribution in [0.1, 0.15) is 60.4 Å². The highest BCUT2D eigenvalue weighted by Gasteiger charge is 2.32. The van der Waals surface area contributed by atoms with Gasteiger partial charge in [-0.25, -0.2) is 9.38 Å². The van der Waals surface area contributed by atoms with Crippen LogP contribution in [0.25, 0.3) is 16.6 Å². The topological polar surface area (TPSA) is 66.6 Å². The fourth-order valence-corrected chi connectivity index (χ4v) is 6.28. The molecule has 9 heteroatoms. The van der Waals surface area contributed by atoms with Gasteiger partial charge < -0.3 is 9.80 Å². The Morgan fingerprint density at radius 1 is 1.12 bits per heavy atom. The molecule has 0 bridgehead atoms. The molecule has 4 aromatic rings. The molecule has 176 valence electrons. The number of anilines is 1. The van der Waals surface area contributed by atoms with Crippen molar-refractivity contribution >= 4 is 51.3 Å². The minimum atomic E-state index is 0.0601. The Balaban J connectivity index is 1.41. The maximum atomic E-state index is 13.0. The van der Waals surface area contributed by atoms with Crippen LogP contribution in [0.5, 0.6) is 0 Å². The first-order valence-electron chi connectivity index (χ1n) is 12.0. The van der Waals surface area contributed by atoms with Crippen molar-refractivity contribution in [1.29, 1.82) is 0 Å². The summed E-state index contributed by atoms with van der Waals surface area (Å²) in [6.45, 7) is 4.17. The average molecular weight is 495 g/mol. The Labute approximate surface area is 207 Å². The van der Waals surface area contributed by atoms with Crippen molar-refractivity contribution in [2.75, 3.05) is 24.5 Å². The Kier molecular flexibility index (Phi) is 5.65. The van der Waals surface area contributed by atoms with E-state index in [1.54, 1.807) is 0 Å². The molecule has 0 radical (unpaired) electrons. The van der Waals surface area contributed by atoms with Gasteiger partial charge in [0.2, 0.25) is 5.95 Å². The highest BCUT2D eigenvalue weighted by atomic mass is 35.5. The number of hydrogen-bond acceptors (Lipinski definition) is 6. The summed E-state index contributed by atoms with van der Waals surface area (Å²) in [4.78, 5) is 23.2. The molecular weight excluding hydrogens is 468 g/mol. The highest BCUT2D eigenvalue weighted by molar-refractivity contribution is 7.12. The van der Waals surface area contributed by atoms with Gasteiger partial charge in [0.1, 0.15) is 5.82 Å². The Bertz CT molecular complexity index is 1350. The summed E-state index contributed by atoms with van der Waals surface area (Å²) in [6, 6.07) is 9.66. The number of fused-ring (bicyclic) bond motifs is 3. The number of piperazine rings is 1. The van der Waals surface area contributed by atoms with Gasteiger partial charge in [0.15, 0.2) is 5.65 Å². The summed E-state index contributed by atoms with van der Waals surface area (Å²) in [5.74, 6) is 2.37. The first kappa shape index (κ1) is 21.8. The van der Waals surface area contributed by atoms with Gasteiger partial charge in [-0.2, -0.15) is 0 Å². The van der Waals surface area contributed by atoms with Gasteiger partial charge in [0.25, 0.3) is 5.91 Å². The average Bonchev–Trinajstić information content (AvgIpc) is 3.54. The second-order valence-corrected chi connectivity index (χ2v) is 10.8. The van der Waals surface area contributed by atoms with E-state index in [1.165, 1.54) is 30.6 Å². The fraction of sp³-hybridized carbons (Fsp3) is 0.440. The van der Waals surface area contributed by atoms with E-state index in [1.807, 2.05) is 40.6 Å². The molecule has 1 atom stereocenters. The van der Waals surface area contributed by atoms with Gasteiger partial charge in [-0.05, 0) is 49.4 Å². The number of thiophene rings is 1. The quantitative estimate of drug-likeness (QED) is 0.382. The maximum absolute atomic E-state index is 13.0. The number of rotatable bonds is 3. The number of carbonyl (C=O) groups is 1. The molecule has 0 N–H and O–H groups in total. The van der Waals surface area contributed by atoms with Crippen molar-refractivity contribution in [1.82, 2.24) is 24.5 Å². The minimum absolute atomic E-state index is 0.0601. The third kappa shape index (κ3) is 3.73. The van der Waals surface area contributed by atoms with Crippen LogP contribution in [0.3, 0.4) is 0 Å². The zero-order chi connectivity index (χ0) is 23.2. The van der Waals surface area contributed by atoms with E-state index >= 15 is 0 Å². The number of halogens is 1. The number of carbonyl (C=O) groups excluding carboxylic acids is 1. The van der Waals surface area contributed by atoms with E-state index < -0.39 is 0 Å². The number of amides is 1. The van der Waals surface area contributed by atoms with Crippen molar-refractivity contribution in [3.63, 3.8) is 0 Å². The lowest BCUT2D eigenvalue weighted by Gasteiger charge is -2.40. The first-order chi connectivity index (χ1) is 16.6. The smallest absolute Gasteiger partial charge is 0.264 e. The molecule has 7 nitrogen and oxygen atoms in total. The molecule has 0 spiro atoms. The van der Waals surface area contributed by atoms with Crippen LogP contribution < -0.4 is 4.90 Å². The molecule has 1 amide bonds. The lowest BCUT2D eigenvalue weighted by molar-refractivity contribution is 0.0678. The number of hydrogen-bond donors (Lipinski definition) is 0. The highest BCUT2D eigenvalue weighted by Crippen LogP contribution is 2.35. The van der Waals surface area contributed by atoms with Crippen LogP contribution in [0.15, 0.2) is 35.7 Å². The maximum Gasteiger partial charge on any atom is 0.264 e. The molecule has 1 aromatic carbocycles. The molecule has 1 saturated heterocycles. The second-order valence-electron chi connectivity index (χ2n) is 9.40. The van der Waals surface area contributed by atoms with E-state index in [0.717, 1.165) is 46.0 Å². The third-order valence-corrected chi connectivity index (χ3v) is 8.28. The second kappa shape index (κ2) is 8.82. The minimum Gasteiger partial charge on any atom is -0.338 e. The van der Waals surface area contributed by atoms with E-state index in [0.29, 0.717) is 30.6 Å². The monoisotopic (exact) mass is 494 g/mol. The SMILES string of the molecule is C[C@H]1CN(c2nc3cc(Cl)ccc3c3nnc(C4CCCCC4)n23)CCN1C(=O)c1cccs1. The summed E-state index contributed by atoms with van der Waals surface area (Å²) in [6.07, 6.45) is 6.02. The van der Waals surface area contributed by atoms with Crippen LogP contribution in [-0.4, -0.2) is 56.1 Å². The molecule has 6 rings (SSSR count). The summed E-state index contributed by atoms with van der Waals surface area (Å²) >= 11 is 7.82. The standard InChI is InChI=1S/C25H27ClN6OS/c1-16-15-30(11-12-31(16)24(33)21-8-5-13-34-21)25-27-20-14-18(26)9-10-19(20)23-29-28-22(32(23)25)17-6-3-2-4-7-17/h5,8-10,13-14,16-17H,2-4,6-7,11-12,15H2,1H3/t16-/m0/s1. The van der Waals surface area contributed by atoms with Crippen LogP contribution in [-0.2, 0) is 0 Å². The Morgan fingerprint density at radius 3 is 2.74 bits per heavy atom. The lowest BCUT2D eigenvalue weighted by atomic mass is 9.89. The third-order valence-electron chi connectivity index (χ3n) is 7.18. The largest absolute Gasteiger partial charge is 0.338 e. The van der Waals surface area contributed by atoms with Crippen LogP contribution in [0, 0.1) is 0 Å². The Morgan fingerprint density at radius 2 is 1.97 bits per heavy atom. The number of nitrogens with zero attached hydrogens (tertiary/aromatic N) is 6. The van der Waals surface area contributed by atoms with Gasteiger partial charge >= 0.3 is 0 Å². The zero-order valence-electron chi connectivity index (χ0n) is 19.2. The van der Waals surface area contributed by atoms with E-state index in [-0.39, 0.29) is 11.9 Å². The molecular formula is C25H27ClN6OS. The Hall–Kier alpha value is -2.71. The van der Waals surface area contributed by atoms with Gasteiger partial charge in [0.05, 0.1) is 10.4 Å². The van der Waals surface area contributed by atoms with Crippen molar-refractivity contribution in [3.05, 3.63) is 51.4 Å². The van der Waals surface area contributed by atoms with Crippen molar-refractivity contribution < 1.29 is 4.79 Å². The first-order valence-corrected chi connectivity index (χ1v) is 13.3. The van der Waals surface area contributed by atoms with Gasteiger partial charge in [-0.3, -0.25) is 4.79 Å². The number of aromatic nitrogens is 4. The molecule has 2 aliphatic rings. The van der Waals surface area contributed by atoms with E-state index in [2.05, 4.69) is 21.3 Å². The van der Waals surface area contributed by atoms with Gasteiger partial charge in [-0.15, -0.1) is 21.5 Å². The van der Waals surface area contributed by atoms with Gasteiger partial charge in [0, 0.05) is 42.0 Å². The molecule has 0 unspecified atom stereocenters. The summed E-state index contributed by atoms with van der Waals surface area (Å²) in [7, 11) is 0. The molecule has 1 saturated carbocycles. The lowest BCUT2D eigenvalue weighted by Crippen LogP contribution is -2.54. The molecule has 1 aliphatic heterocycles. The van der Waals surface area contributed by atoms with Crippen molar-refractivity contribution in [3.8, 4) is 0 Å². The van der Waals surface area contributed by atoms with E-state index in [4.69, 9.17) is 21.7 Å². The van der Waals surface area contributed by atoms with Crippen LogP contribution in [0.2, 0.25) is 5.02 Å². The molecule has 2 fully saturated rings. The van der Waals surface area contributed by atoms with Gasteiger partial charge in [-0.1, -0.05) is 36.9 Å². The summed E-state index contributed by atoms with van der Waals surface area (Å²) in [5.41, 5.74) is 1.66. The molecule has 4 heterocycles. The number of benzene rings is 1. The summed E-state index contributed by atoms with van der Waals surface area (Å²) in [5, 5.41) is 12.9. The zero-order valence-corrected chi connectivity index (χ0v) is 20.7. The predicted molar refractivity (Wildman–Crippen MR) is 136 cm³/mol. The normalized spacial score (nSPS) is 19.9. The van der Waals surface area contributed by atoms with Crippen molar-refractivity contribution in [2.24, 2.45) is 0 Å². The van der Waals surface area contributed by atoms with Crippen molar-refractivity contribution in [2.45, 2.75) is 51.0 Å². The van der Waals surface area contributed by atoms with E-state index in [9.17, 15) is 4.79 Å². The molecule has 3 aromatic heterocycles. The molecule has 1 aliphatic carbocycles. The van der Waals surface area contributed by atoms with Crippen LogP contribution in [0.4, 0.5) is 5.95 Å². The van der Waals surface area contributed by atoms with Crippen LogP contribution >= 0.6 is 22.9 Å².